The summed E-state index contributed by atoms with van der Waals surface area (Å²) in [6, 6.07) is 10.1. The first kappa shape index (κ1) is 15.8. The third kappa shape index (κ3) is 3.95. The van der Waals surface area contributed by atoms with E-state index in [9.17, 15) is 0 Å². The predicted octanol–water partition coefficient (Wildman–Crippen LogP) is 3.65. The number of aromatic nitrogens is 1. The van der Waals surface area contributed by atoms with E-state index in [0.29, 0.717) is 6.54 Å². The van der Waals surface area contributed by atoms with Crippen LogP contribution in [0.2, 0.25) is 0 Å². The highest BCUT2D eigenvalue weighted by Gasteiger charge is 2.11. The van der Waals surface area contributed by atoms with Crippen LogP contribution in [0.1, 0.15) is 12.0 Å². The van der Waals surface area contributed by atoms with Gasteiger partial charge < -0.3 is 15.4 Å². The average Bonchev–Trinajstić information content (AvgIpc) is 2.51. The van der Waals surface area contributed by atoms with Crippen LogP contribution in [0.5, 0.6) is 5.75 Å². The van der Waals surface area contributed by atoms with Gasteiger partial charge in [0.25, 0.3) is 0 Å². The molecule has 0 bridgehead atoms. The number of hydrogen-bond acceptors (Lipinski definition) is 4. The Balaban J connectivity index is 2.33. The fourth-order valence-electron chi connectivity index (χ4n) is 2.06. The number of hydrogen-bond donors (Lipinski definition) is 1. The molecule has 0 aliphatic heterocycles. The Morgan fingerprint density at radius 2 is 2.00 bits per heavy atom. The molecule has 0 atom stereocenters. The van der Waals surface area contributed by atoms with Gasteiger partial charge in [-0.2, -0.15) is 0 Å². The van der Waals surface area contributed by atoms with E-state index in [4.69, 9.17) is 10.5 Å². The molecule has 0 amide bonds. The first-order valence-corrected chi connectivity index (χ1v) is 7.69. The molecule has 0 saturated carbocycles. The number of aryl methyl sites for hydroxylation is 1. The first-order valence-electron chi connectivity index (χ1n) is 6.89. The fourth-order valence-corrected chi connectivity index (χ4v) is 2.28. The number of nitrogens with two attached hydrogens (primary N) is 1. The maximum absolute atomic E-state index is 5.66. The molecule has 0 saturated heterocycles. The minimum Gasteiger partial charge on any atom is -0.497 e. The van der Waals surface area contributed by atoms with Crippen molar-refractivity contribution in [2.24, 2.45) is 5.73 Å². The largest absolute Gasteiger partial charge is 0.497 e. The zero-order chi connectivity index (χ0) is 15.2. The molecule has 0 unspecified atom stereocenters. The van der Waals surface area contributed by atoms with Crippen LogP contribution in [0.25, 0.3) is 0 Å². The van der Waals surface area contributed by atoms with Crippen molar-refractivity contribution in [2.45, 2.75) is 13.3 Å². The standard InChI is InChI=1S/C16H20BrN3O/c1-12-10-16(19-11-15(12)17)20(9-3-8-18)13-4-6-14(21-2)7-5-13/h4-7,10-11H,3,8-9,18H2,1-2H3. The normalized spacial score (nSPS) is 10.5. The quantitative estimate of drug-likeness (QED) is 0.864. The Hall–Kier alpha value is -1.59. The average molecular weight is 350 g/mol. The molecule has 0 fully saturated rings. The maximum Gasteiger partial charge on any atom is 0.133 e. The van der Waals surface area contributed by atoms with Gasteiger partial charge in [-0.3, -0.25) is 0 Å². The van der Waals surface area contributed by atoms with Gasteiger partial charge in [-0.25, -0.2) is 4.98 Å². The van der Waals surface area contributed by atoms with Crippen molar-refractivity contribution in [1.29, 1.82) is 0 Å². The summed E-state index contributed by atoms with van der Waals surface area (Å²) < 4.78 is 6.22. The van der Waals surface area contributed by atoms with Crippen molar-refractivity contribution in [1.82, 2.24) is 4.98 Å². The molecule has 0 aliphatic rings. The summed E-state index contributed by atoms with van der Waals surface area (Å²) in [4.78, 5) is 6.69. The highest BCUT2D eigenvalue weighted by Crippen LogP contribution is 2.28. The van der Waals surface area contributed by atoms with Gasteiger partial charge in [0.15, 0.2) is 0 Å². The van der Waals surface area contributed by atoms with Gasteiger partial charge in [0.05, 0.1) is 7.11 Å². The number of methoxy groups -OCH3 is 1. The number of pyridine rings is 1. The second-order valence-corrected chi connectivity index (χ2v) is 5.64. The van der Waals surface area contributed by atoms with Crippen LogP contribution < -0.4 is 15.4 Å². The van der Waals surface area contributed by atoms with Crippen molar-refractivity contribution in [2.75, 3.05) is 25.1 Å². The van der Waals surface area contributed by atoms with Gasteiger partial charge in [0, 0.05) is 22.9 Å². The lowest BCUT2D eigenvalue weighted by Crippen LogP contribution is -2.22. The molecule has 1 aromatic carbocycles. The molecular weight excluding hydrogens is 330 g/mol. The highest BCUT2D eigenvalue weighted by atomic mass is 79.9. The molecular formula is C16H20BrN3O. The van der Waals surface area contributed by atoms with Gasteiger partial charge in [-0.1, -0.05) is 0 Å². The fraction of sp³-hybridized carbons (Fsp3) is 0.312. The molecule has 0 radical (unpaired) electrons. The van der Waals surface area contributed by atoms with Crippen LogP contribution >= 0.6 is 15.9 Å². The monoisotopic (exact) mass is 349 g/mol. The van der Waals surface area contributed by atoms with E-state index in [2.05, 4.69) is 38.8 Å². The summed E-state index contributed by atoms with van der Waals surface area (Å²) in [5, 5.41) is 0. The number of halogens is 1. The van der Waals surface area contributed by atoms with Gasteiger partial charge in [-0.05, 0) is 71.7 Å². The summed E-state index contributed by atoms with van der Waals surface area (Å²) in [6.45, 7) is 3.55. The highest BCUT2D eigenvalue weighted by molar-refractivity contribution is 9.10. The molecule has 0 aliphatic carbocycles. The molecule has 0 spiro atoms. The third-order valence-corrected chi connectivity index (χ3v) is 4.11. The molecule has 1 heterocycles. The third-order valence-electron chi connectivity index (χ3n) is 3.28. The van der Waals surface area contributed by atoms with Crippen LogP contribution in [-0.2, 0) is 0 Å². The number of ether oxygens (including phenoxy) is 1. The maximum atomic E-state index is 5.66. The van der Waals surface area contributed by atoms with Crippen LogP contribution in [0.4, 0.5) is 11.5 Å². The SMILES string of the molecule is COc1ccc(N(CCCN)c2cc(C)c(Br)cn2)cc1. The van der Waals surface area contributed by atoms with Crippen LogP contribution in [-0.4, -0.2) is 25.2 Å². The predicted molar refractivity (Wildman–Crippen MR) is 90.3 cm³/mol. The van der Waals surface area contributed by atoms with E-state index < -0.39 is 0 Å². The zero-order valence-corrected chi connectivity index (χ0v) is 13.9. The number of nitrogens with zero attached hydrogens (tertiary/aromatic N) is 2. The summed E-state index contributed by atoms with van der Waals surface area (Å²) in [5.41, 5.74) is 7.90. The van der Waals surface area contributed by atoms with Crippen molar-refractivity contribution in [3.8, 4) is 5.75 Å². The zero-order valence-electron chi connectivity index (χ0n) is 12.3. The van der Waals surface area contributed by atoms with Crippen molar-refractivity contribution >= 4 is 27.4 Å². The van der Waals surface area contributed by atoms with Crippen molar-refractivity contribution < 1.29 is 4.74 Å². The van der Waals surface area contributed by atoms with Crippen LogP contribution in [0.3, 0.4) is 0 Å². The van der Waals surface area contributed by atoms with E-state index in [1.54, 1.807) is 7.11 Å². The van der Waals surface area contributed by atoms with Gasteiger partial charge in [0.2, 0.25) is 0 Å². The Morgan fingerprint density at radius 3 is 2.57 bits per heavy atom. The Morgan fingerprint density at radius 1 is 1.29 bits per heavy atom. The molecule has 2 aromatic rings. The lowest BCUT2D eigenvalue weighted by Gasteiger charge is -2.24. The minimum atomic E-state index is 0.655. The van der Waals surface area contributed by atoms with Gasteiger partial charge >= 0.3 is 0 Å². The molecule has 2 N–H and O–H groups in total. The number of benzene rings is 1. The first-order chi connectivity index (χ1) is 10.2. The van der Waals surface area contributed by atoms with E-state index in [-0.39, 0.29) is 0 Å². The Kier molecular flexibility index (Phi) is 5.59. The second kappa shape index (κ2) is 7.43. The summed E-state index contributed by atoms with van der Waals surface area (Å²) in [7, 11) is 1.67. The van der Waals surface area contributed by atoms with Gasteiger partial charge in [-0.15, -0.1) is 0 Å². The van der Waals surface area contributed by atoms with Gasteiger partial charge in [0.1, 0.15) is 11.6 Å². The second-order valence-electron chi connectivity index (χ2n) is 4.78. The topological polar surface area (TPSA) is 51.4 Å². The molecule has 21 heavy (non-hydrogen) atoms. The summed E-state index contributed by atoms with van der Waals surface area (Å²) >= 11 is 3.49. The Bertz CT molecular complexity index is 587. The molecule has 2 rings (SSSR count). The molecule has 5 heteroatoms. The molecule has 4 nitrogen and oxygen atoms in total. The smallest absolute Gasteiger partial charge is 0.133 e. The van der Waals surface area contributed by atoms with E-state index in [1.165, 1.54) is 0 Å². The lowest BCUT2D eigenvalue weighted by molar-refractivity contribution is 0.415. The summed E-state index contributed by atoms with van der Waals surface area (Å²) in [6.07, 6.45) is 2.74. The van der Waals surface area contributed by atoms with Crippen molar-refractivity contribution in [3.05, 3.63) is 46.6 Å². The van der Waals surface area contributed by atoms with Crippen LogP contribution in [0.15, 0.2) is 41.0 Å². The van der Waals surface area contributed by atoms with E-state index in [1.807, 2.05) is 30.5 Å². The number of anilines is 2. The molecule has 112 valence electrons. The Labute approximate surface area is 134 Å². The minimum absolute atomic E-state index is 0.655. The molecule has 1 aromatic heterocycles. The van der Waals surface area contributed by atoms with E-state index >= 15 is 0 Å². The van der Waals surface area contributed by atoms with Crippen molar-refractivity contribution in [3.63, 3.8) is 0 Å². The summed E-state index contributed by atoms with van der Waals surface area (Å²) in [5.74, 6) is 1.77. The van der Waals surface area contributed by atoms with E-state index in [0.717, 1.165) is 40.3 Å². The lowest BCUT2D eigenvalue weighted by atomic mass is 10.2. The number of rotatable bonds is 6. The van der Waals surface area contributed by atoms with Crippen LogP contribution in [0, 0.1) is 6.92 Å².